The molecule has 94 valence electrons. The fourth-order valence-electron chi connectivity index (χ4n) is 2.44. The van der Waals surface area contributed by atoms with E-state index in [-0.39, 0.29) is 17.3 Å². The highest BCUT2D eigenvalue weighted by Crippen LogP contribution is 2.34. The zero-order chi connectivity index (χ0) is 12.5. The summed E-state index contributed by atoms with van der Waals surface area (Å²) >= 11 is 0. The highest BCUT2D eigenvalue weighted by Gasteiger charge is 2.41. The van der Waals surface area contributed by atoms with Crippen LogP contribution in [0, 0.1) is 11.2 Å². The lowest BCUT2D eigenvalue weighted by molar-refractivity contribution is 0.344. The molecule has 0 radical (unpaired) electrons. The van der Waals surface area contributed by atoms with Crippen molar-refractivity contribution in [1.29, 1.82) is 0 Å². The smallest absolute Gasteiger partial charge is 0.150 e. The summed E-state index contributed by atoms with van der Waals surface area (Å²) in [5.41, 5.74) is 6.12. The van der Waals surface area contributed by atoms with E-state index in [1.54, 1.807) is 6.07 Å². The van der Waals surface area contributed by atoms with E-state index in [1.165, 1.54) is 12.1 Å². The third-order valence-corrected chi connectivity index (χ3v) is 5.25. The van der Waals surface area contributed by atoms with Gasteiger partial charge in [-0.1, -0.05) is 12.1 Å². The van der Waals surface area contributed by atoms with E-state index in [4.69, 9.17) is 5.73 Å². The van der Waals surface area contributed by atoms with Gasteiger partial charge in [-0.05, 0) is 37.1 Å². The van der Waals surface area contributed by atoms with Crippen LogP contribution in [0.4, 0.5) is 4.39 Å². The molecule has 1 atom stereocenters. The van der Waals surface area contributed by atoms with Crippen LogP contribution in [0.25, 0.3) is 0 Å². The Bertz CT molecular complexity index is 515. The van der Waals surface area contributed by atoms with E-state index in [2.05, 4.69) is 0 Å². The lowest BCUT2D eigenvalue weighted by atomic mass is 9.81. The first-order valence-electron chi connectivity index (χ1n) is 5.60. The average Bonchev–Trinajstić information content (AvgIpc) is 2.55. The van der Waals surface area contributed by atoms with Crippen LogP contribution in [0.15, 0.2) is 24.3 Å². The molecule has 1 fully saturated rings. The molecule has 3 nitrogen and oxygen atoms in total. The lowest BCUT2D eigenvalue weighted by Gasteiger charge is -2.25. The Labute approximate surface area is 101 Å². The van der Waals surface area contributed by atoms with Gasteiger partial charge in [-0.25, -0.2) is 12.8 Å². The topological polar surface area (TPSA) is 60.2 Å². The van der Waals surface area contributed by atoms with Gasteiger partial charge in [0.1, 0.15) is 5.82 Å². The second-order valence-electron chi connectivity index (χ2n) is 4.85. The maximum Gasteiger partial charge on any atom is 0.150 e. The third kappa shape index (κ3) is 2.84. The molecule has 1 saturated heterocycles. The summed E-state index contributed by atoms with van der Waals surface area (Å²) in [6.07, 6.45) is 1.10. The number of hydrogen-bond donors (Lipinski definition) is 1. The molecule has 1 aromatic carbocycles. The first-order valence-corrected chi connectivity index (χ1v) is 7.42. The van der Waals surface area contributed by atoms with Crippen LogP contribution in [0.3, 0.4) is 0 Å². The quantitative estimate of drug-likeness (QED) is 0.883. The second kappa shape index (κ2) is 4.38. The fraction of sp³-hybridized carbons (Fsp3) is 0.500. The zero-order valence-electron chi connectivity index (χ0n) is 9.52. The third-order valence-electron chi connectivity index (χ3n) is 3.37. The van der Waals surface area contributed by atoms with Crippen molar-refractivity contribution >= 4 is 9.84 Å². The lowest BCUT2D eigenvalue weighted by Crippen LogP contribution is -2.34. The molecule has 17 heavy (non-hydrogen) atoms. The van der Waals surface area contributed by atoms with Crippen LogP contribution in [-0.4, -0.2) is 26.5 Å². The van der Waals surface area contributed by atoms with Crippen LogP contribution in [0.1, 0.15) is 12.0 Å². The van der Waals surface area contributed by atoms with Gasteiger partial charge < -0.3 is 5.73 Å². The predicted octanol–water partition coefficient (Wildman–Crippen LogP) is 1.13. The number of nitrogens with two attached hydrogens (primary N) is 1. The molecule has 1 aromatic rings. The van der Waals surface area contributed by atoms with Gasteiger partial charge in [0.25, 0.3) is 0 Å². The minimum Gasteiger partial charge on any atom is -0.330 e. The van der Waals surface area contributed by atoms with Gasteiger partial charge in [-0.15, -0.1) is 0 Å². The van der Waals surface area contributed by atoms with Gasteiger partial charge >= 0.3 is 0 Å². The number of halogens is 1. The van der Waals surface area contributed by atoms with E-state index in [0.29, 0.717) is 19.4 Å². The van der Waals surface area contributed by atoms with Crippen molar-refractivity contribution in [2.45, 2.75) is 12.8 Å². The number of sulfone groups is 1. The molecular formula is C12H16FNO2S. The molecule has 2 N–H and O–H groups in total. The van der Waals surface area contributed by atoms with E-state index < -0.39 is 15.3 Å². The highest BCUT2D eigenvalue weighted by atomic mass is 32.2. The molecule has 2 rings (SSSR count). The van der Waals surface area contributed by atoms with E-state index in [9.17, 15) is 12.8 Å². The summed E-state index contributed by atoms with van der Waals surface area (Å²) in [6, 6.07) is 6.27. The SMILES string of the molecule is NCC1(Cc2cccc(F)c2)CCS(=O)(=O)C1. The van der Waals surface area contributed by atoms with Crippen LogP contribution in [0.2, 0.25) is 0 Å². The van der Waals surface area contributed by atoms with Crippen molar-refractivity contribution in [2.24, 2.45) is 11.1 Å². The maximum atomic E-state index is 13.1. The summed E-state index contributed by atoms with van der Waals surface area (Å²) in [6.45, 7) is 0.322. The molecular weight excluding hydrogens is 241 g/mol. The molecule has 0 aliphatic carbocycles. The summed E-state index contributed by atoms with van der Waals surface area (Å²) in [5, 5.41) is 0. The minimum atomic E-state index is -2.97. The van der Waals surface area contributed by atoms with Gasteiger partial charge in [0.2, 0.25) is 0 Å². The largest absolute Gasteiger partial charge is 0.330 e. The van der Waals surface area contributed by atoms with E-state index >= 15 is 0 Å². The molecule has 0 spiro atoms. The molecule has 1 aliphatic heterocycles. The number of rotatable bonds is 3. The van der Waals surface area contributed by atoms with Crippen molar-refractivity contribution in [3.63, 3.8) is 0 Å². The van der Waals surface area contributed by atoms with Crippen LogP contribution in [-0.2, 0) is 16.3 Å². The normalized spacial score (nSPS) is 27.2. The van der Waals surface area contributed by atoms with Gasteiger partial charge in [-0.3, -0.25) is 0 Å². The van der Waals surface area contributed by atoms with Gasteiger partial charge in [0.15, 0.2) is 9.84 Å². The first kappa shape index (κ1) is 12.5. The van der Waals surface area contributed by atoms with Crippen molar-refractivity contribution < 1.29 is 12.8 Å². The average molecular weight is 257 g/mol. The zero-order valence-corrected chi connectivity index (χ0v) is 10.3. The summed E-state index contributed by atoms with van der Waals surface area (Å²) in [7, 11) is -2.97. The van der Waals surface area contributed by atoms with Gasteiger partial charge in [0, 0.05) is 5.41 Å². The molecule has 1 aliphatic rings. The standard InChI is InChI=1S/C12H16FNO2S/c13-11-3-1-2-10(6-11)7-12(8-14)4-5-17(15,16)9-12/h1-3,6H,4-5,7-9,14H2. The predicted molar refractivity (Wildman–Crippen MR) is 64.9 cm³/mol. The van der Waals surface area contributed by atoms with Crippen LogP contribution >= 0.6 is 0 Å². The Morgan fingerprint density at radius 2 is 2.18 bits per heavy atom. The van der Waals surface area contributed by atoms with Crippen LogP contribution < -0.4 is 5.73 Å². The Morgan fingerprint density at radius 1 is 1.41 bits per heavy atom. The molecule has 0 bridgehead atoms. The van der Waals surface area contributed by atoms with Gasteiger partial charge in [0.05, 0.1) is 11.5 Å². The van der Waals surface area contributed by atoms with Crippen molar-refractivity contribution in [1.82, 2.24) is 0 Å². The molecule has 0 aromatic heterocycles. The monoisotopic (exact) mass is 257 g/mol. The molecule has 5 heteroatoms. The fourth-order valence-corrected chi connectivity index (χ4v) is 4.62. The van der Waals surface area contributed by atoms with E-state index in [0.717, 1.165) is 5.56 Å². The van der Waals surface area contributed by atoms with Crippen LogP contribution in [0.5, 0.6) is 0 Å². The second-order valence-corrected chi connectivity index (χ2v) is 7.04. The van der Waals surface area contributed by atoms with Gasteiger partial charge in [-0.2, -0.15) is 0 Å². The Morgan fingerprint density at radius 3 is 2.71 bits per heavy atom. The van der Waals surface area contributed by atoms with E-state index in [1.807, 2.05) is 6.07 Å². The molecule has 0 amide bonds. The summed E-state index contributed by atoms with van der Waals surface area (Å²) < 4.78 is 36.1. The molecule has 1 heterocycles. The first-order chi connectivity index (χ1) is 7.95. The summed E-state index contributed by atoms with van der Waals surface area (Å²) in [5.74, 6) is 0.0162. The van der Waals surface area contributed by atoms with Crippen molar-refractivity contribution in [3.8, 4) is 0 Å². The minimum absolute atomic E-state index is 0.118. The maximum absolute atomic E-state index is 13.1. The Balaban J connectivity index is 2.22. The summed E-state index contributed by atoms with van der Waals surface area (Å²) in [4.78, 5) is 0. The number of benzene rings is 1. The molecule has 0 saturated carbocycles. The Hall–Kier alpha value is -0.940. The Kier molecular flexibility index (Phi) is 3.23. The van der Waals surface area contributed by atoms with Crippen molar-refractivity contribution in [2.75, 3.05) is 18.1 Å². The highest BCUT2D eigenvalue weighted by molar-refractivity contribution is 7.91. The number of hydrogen-bond acceptors (Lipinski definition) is 3. The molecule has 1 unspecified atom stereocenters. The van der Waals surface area contributed by atoms with Crippen molar-refractivity contribution in [3.05, 3.63) is 35.6 Å².